The van der Waals surface area contributed by atoms with Crippen molar-refractivity contribution in [2.45, 2.75) is 0 Å². The first-order chi connectivity index (χ1) is 10.1. The Balaban J connectivity index is 2.53. The quantitative estimate of drug-likeness (QED) is 0.751. The predicted molar refractivity (Wildman–Crippen MR) is 75.2 cm³/mol. The van der Waals surface area contributed by atoms with Crippen molar-refractivity contribution >= 4 is 11.6 Å². The maximum absolute atomic E-state index is 13.1. The first kappa shape index (κ1) is 17.5. The fourth-order valence-electron chi connectivity index (χ4n) is 1.69. The van der Waals surface area contributed by atoms with Crippen molar-refractivity contribution in [3.8, 4) is 0 Å². The maximum atomic E-state index is 13.1. The minimum Gasteiger partial charge on any atom is -0.383 e. The van der Waals surface area contributed by atoms with Crippen LogP contribution in [-0.4, -0.2) is 57.9 Å². The van der Waals surface area contributed by atoms with Crippen LogP contribution in [0.25, 0.3) is 0 Å². The molecule has 1 aromatic carbocycles. The molecule has 0 atom stereocenters. The summed E-state index contributed by atoms with van der Waals surface area (Å²) in [5, 5.41) is 2.52. The molecule has 1 amide bonds. The van der Waals surface area contributed by atoms with Crippen LogP contribution in [0.2, 0.25) is 0 Å². The van der Waals surface area contributed by atoms with E-state index in [4.69, 9.17) is 9.47 Å². The van der Waals surface area contributed by atoms with Gasteiger partial charge >= 0.3 is 0 Å². The van der Waals surface area contributed by atoms with Crippen LogP contribution in [0.3, 0.4) is 0 Å². The molecule has 0 aliphatic carbocycles. The van der Waals surface area contributed by atoms with E-state index in [0.29, 0.717) is 26.3 Å². The molecule has 1 aromatic rings. The molecule has 0 aliphatic rings. The van der Waals surface area contributed by atoms with Gasteiger partial charge in [0, 0.05) is 39.1 Å². The Bertz CT molecular complexity index is 450. The highest BCUT2D eigenvalue weighted by atomic mass is 19.2. The molecule has 21 heavy (non-hydrogen) atoms. The second-order valence-electron chi connectivity index (χ2n) is 4.44. The summed E-state index contributed by atoms with van der Waals surface area (Å²) in [6.45, 7) is 2.24. The zero-order chi connectivity index (χ0) is 15.7. The molecular formula is C14H20F2N2O3. The third kappa shape index (κ3) is 6.61. The fourth-order valence-corrected chi connectivity index (χ4v) is 1.69. The van der Waals surface area contributed by atoms with Gasteiger partial charge in [0.25, 0.3) is 0 Å². The van der Waals surface area contributed by atoms with E-state index in [0.717, 1.165) is 12.1 Å². The molecule has 0 aliphatic heterocycles. The van der Waals surface area contributed by atoms with E-state index in [-0.39, 0.29) is 18.1 Å². The minimum atomic E-state index is -0.997. The lowest BCUT2D eigenvalue weighted by Crippen LogP contribution is -2.37. The van der Waals surface area contributed by atoms with Crippen LogP contribution in [0.5, 0.6) is 0 Å². The van der Waals surface area contributed by atoms with E-state index in [1.165, 1.54) is 6.07 Å². The molecule has 0 saturated carbocycles. The van der Waals surface area contributed by atoms with Gasteiger partial charge in [-0.15, -0.1) is 0 Å². The van der Waals surface area contributed by atoms with Gasteiger partial charge in [-0.25, -0.2) is 8.78 Å². The number of carbonyl (C=O) groups is 1. The molecule has 0 unspecified atom stereocenters. The van der Waals surface area contributed by atoms with E-state index in [9.17, 15) is 13.6 Å². The molecule has 0 bridgehead atoms. The van der Waals surface area contributed by atoms with Crippen LogP contribution >= 0.6 is 0 Å². The number of hydrogen-bond donors (Lipinski definition) is 1. The third-order valence-electron chi connectivity index (χ3n) is 2.79. The van der Waals surface area contributed by atoms with Crippen molar-refractivity contribution in [1.82, 2.24) is 4.90 Å². The van der Waals surface area contributed by atoms with Gasteiger partial charge in [0.05, 0.1) is 19.8 Å². The van der Waals surface area contributed by atoms with Crippen molar-refractivity contribution in [3.05, 3.63) is 29.8 Å². The van der Waals surface area contributed by atoms with Gasteiger partial charge in [0.15, 0.2) is 11.6 Å². The summed E-state index contributed by atoms with van der Waals surface area (Å²) in [5.41, 5.74) is 0.220. The molecule has 0 heterocycles. The van der Waals surface area contributed by atoms with Crippen molar-refractivity contribution in [1.29, 1.82) is 0 Å². The number of nitrogens with one attached hydrogen (secondary N) is 1. The van der Waals surface area contributed by atoms with E-state index in [1.54, 1.807) is 14.2 Å². The smallest absolute Gasteiger partial charge is 0.238 e. The summed E-state index contributed by atoms with van der Waals surface area (Å²) in [5.74, 6) is -2.26. The Hall–Kier alpha value is -1.57. The molecule has 0 fully saturated rings. The van der Waals surface area contributed by atoms with E-state index in [2.05, 4.69) is 5.32 Å². The average molecular weight is 302 g/mol. The van der Waals surface area contributed by atoms with Crippen LogP contribution < -0.4 is 5.32 Å². The predicted octanol–water partition coefficient (Wildman–Crippen LogP) is 1.50. The summed E-state index contributed by atoms with van der Waals surface area (Å²) in [6.07, 6.45) is 0. The van der Waals surface area contributed by atoms with Crippen LogP contribution in [0.1, 0.15) is 0 Å². The van der Waals surface area contributed by atoms with Gasteiger partial charge < -0.3 is 14.8 Å². The Morgan fingerprint density at radius 1 is 1.14 bits per heavy atom. The van der Waals surface area contributed by atoms with Gasteiger partial charge in [0.2, 0.25) is 5.91 Å². The van der Waals surface area contributed by atoms with E-state index >= 15 is 0 Å². The van der Waals surface area contributed by atoms with Gasteiger partial charge in [-0.2, -0.15) is 0 Å². The highest BCUT2D eigenvalue weighted by Crippen LogP contribution is 2.12. The Morgan fingerprint density at radius 3 is 2.29 bits per heavy atom. The second kappa shape index (κ2) is 9.38. The normalized spacial score (nSPS) is 10.9. The summed E-state index contributed by atoms with van der Waals surface area (Å²) < 4.78 is 35.8. The minimum absolute atomic E-state index is 0.117. The molecule has 0 radical (unpaired) electrons. The first-order valence-electron chi connectivity index (χ1n) is 6.52. The highest BCUT2D eigenvalue weighted by Gasteiger charge is 2.11. The monoisotopic (exact) mass is 302 g/mol. The molecule has 1 rings (SSSR count). The molecule has 7 heteroatoms. The van der Waals surface area contributed by atoms with Crippen molar-refractivity contribution in [3.63, 3.8) is 0 Å². The number of benzene rings is 1. The lowest BCUT2D eigenvalue weighted by molar-refractivity contribution is -0.117. The molecule has 0 aromatic heterocycles. The number of methoxy groups -OCH3 is 2. The number of hydrogen-bond acceptors (Lipinski definition) is 4. The second-order valence-corrected chi connectivity index (χ2v) is 4.44. The number of nitrogens with zero attached hydrogens (tertiary/aromatic N) is 1. The summed E-state index contributed by atoms with van der Waals surface area (Å²) in [4.78, 5) is 13.7. The van der Waals surface area contributed by atoms with Crippen molar-refractivity contribution < 1.29 is 23.0 Å². The number of ether oxygens (including phenoxy) is 2. The Labute approximate surface area is 122 Å². The highest BCUT2D eigenvalue weighted by molar-refractivity contribution is 5.92. The maximum Gasteiger partial charge on any atom is 0.238 e. The average Bonchev–Trinajstić information content (AvgIpc) is 2.45. The van der Waals surface area contributed by atoms with Gasteiger partial charge in [-0.05, 0) is 12.1 Å². The van der Waals surface area contributed by atoms with Crippen LogP contribution in [0.4, 0.5) is 14.5 Å². The number of halogens is 2. The van der Waals surface area contributed by atoms with Crippen LogP contribution in [-0.2, 0) is 14.3 Å². The summed E-state index contributed by atoms with van der Waals surface area (Å²) >= 11 is 0. The Morgan fingerprint density at radius 2 is 1.76 bits per heavy atom. The Kier molecular flexibility index (Phi) is 7.81. The van der Waals surface area contributed by atoms with Gasteiger partial charge in [-0.3, -0.25) is 9.69 Å². The molecule has 0 spiro atoms. The van der Waals surface area contributed by atoms with Crippen molar-refractivity contribution in [2.75, 3.05) is 52.4 Å². The number of amides is 1. The van der Waals surface area contributed by atoms with Crippen molar-refractivity contribution in [2.24, 2.45) is 0 Å². The fraction of sp³-hybridized carbons (Fsp3) is 0.500. The molecular weight excluding hydrogens is 282 g/mol. The number of carbonyl (C=O) groups excluding carboxylic acids is 1. The van der Waals surface area contributed by atoms with E-state index in [1.807, 2.05) is 4.90 Å². The standard InChI is InChI=1S/C14H20F2N2O3/c1-20-7-5-18(6-8-21-2)10-14(19)17-11-3-4-12(15)13(16)9-11/h3-4,9H,5-8,10H2,1-2H3,(H,17,19). The largest absolute Gasteiger partial charge is 0.383 e. The summed E-state index contributed by atoms with van der Waals surface area (Å²) in [6, 6.07) is 3.23. The van der Waals surface area contributed by atoms with Gasteiger partial charge in [0.1, 0.15) is 0 Å². The first-order valence-corrected chi connectivity index (χ1v) is 6.52. The summed E-state index contributed by atoms with van der Waals surface area (Å²) in [7, 11) is 3.16. The lowest BCUT2D eigenvalue weighted by Gasteiger charge is -2.20. The molecule has 0 saturated heterocycles. The van der Waals surface area contributed by atoms with Crippen LogP contribution in [0, 0.1) is 11.6 Å². The molecule has 1 N–H and O–H groups in total. The third-order valence-corrected chi connectivity index (χ3v) is 2.79. The van der Waals surface area contributed by atoms with Crippen LogP contribution in [0.15, 0.2) is 18.2 Å². The molecule has 5 nitrogen and oxygen atoms in total. The SMILES string of the molecule is COCCN(CCOC)CC(=O)Nc1ccc(F)c(F)c1. The van der Waals surface area contributed by atoms with Gasteiger partial charge in [-0.1, -0.05) is 0 Å². The zero-order valence-electron chi connectivity index (χ0n) is 12.2. The molecule has 118 valence electrons. The lowest BCUT2D eigenvalue weighted by atomic mass is 10.3. The van der Waals surface area contributed by atoms with E-state index < -0.39 is 11.6 Å². The zero-order valence-corrected chi connectivity index (χ0v) is 12.2. The number of anilines is 1. The number of rotatable bonds is 9. The topological polar surface area (TPSA) is 50.8 Å².